The first-order valence-corrected chi connectivity index (χ1v) is 14.9. The number of carboxylic acid groups (broad SMARTS) is 1. The lowest BCUT2D eigenvalue weighted by Gasteiger charge is -2.15. The zero-order valence-electron chi connectivity index (χ0n) is 24.4. The molecular weight excluding hydrogens is 472 g/mol. The summed E-state index contributed by atoms with van der Waals surface area (Å²) in [4.78, 5) is 34.0. The third kappa shape index (κ3) is 27.0. The van der Waals surface area contributed by atoms with Crippen LogP contribution >= 0.6 is 0 Å². The van der Waals surface area contributed by atoms with Crippen LogP contribution in [-0.2, 0) is 19.1 Å². The molecule has 2 atom stereocenters. The Morgan fingerprint density at radius 1 is 0.622 bits per heavy atom. The second-order valence-electron chi connectivity index (χ2n) is 9.76. The molecule has 8 heteroatoms. The first-order chi connectivity index (χ1) is 17.8. The van der Waals surface area contributed by atoms with Crippen molar-refractivity contribution in [2.45, 2.75) is 155 Å². The number of amides is 1. The van der Waals surface area contributed by atoms with Gasteiger partial charge in [-0.3, -0.25) is 4.79 Å². The van der Waals surface area contributed by atoms with E-state index in [1.54, 1.807) is 0 Å². The quantitative estimate of drug-likeness (QED) is 0.0947. The van der Waals surface area contributed by atoms with Crippen LogP contribution in [-0.4, -0.2) is 48.4 Å². The molecule has 0 saturated carbocycles. The van der Waals surface area contributed by atoms with Crippen molar-refractivity contribution in [2.24, 2.45) is 5.73 Å². The van der Waals surface area contributed by atoms with Gasteiger partial charge in [-0.25, -0.2) is 9.59 Å². The van der Waals surface area contributed by atoms with Crippen LogP contribution < -0.4 is 11.1 Å². The minimum atomic E-state index is -1.17. The monoisotopic (exact) mass is 530 g/mol. The smallest absolute Gasteiger partial charge is 0.405 e. The zero-order valence-corrected chi connectivity index (χ0v) is 24.4. The fourth-order valence-electron chi connectivity index (χ4n) is 3.69. The summed E-state index contributed by atoms with van der Waals surface area (Å²) in [6.07, 6.45) is 17.5. The van der Waals surface area contributed by atoms with Gasteiger partial charge in [-0.2, -0.15) is 0 Å². The molecule has 0 saturated heterocycles. The van der Waals surface area contributed by atoms with Crippen LogP contribution in [0, 0.1) is 0 Å². The average Bonchev–Trinajstić information content (AvgIpc) is 2.87. The van der Waals surface area contributed by atoms with Gasteiger partial charge in [0.05, 0.1) is 13.2 Å². The Labute approximate surface area is 226 Å². The van der Waals surface area contributed by atoms with Crippen LogP contribution in [0.1, 0.15) is 143 Å². The van der Waals surface area contributed by atoms with E-state index in [4.69, 9.17) is 20.3 Å². The first-order valence-electron chi connectivity index (χ1n) is 14.9. The van der Waals surface area contributed by atoms with Crippen LogP contribution in [0.25, 0.3) is 0 Å². The van der Waals surface area contributed by atoms with Crippen molar-refractivity contribution in [2.75, 3.05) is 13.2 Å². The molecule has 0 radical (unpaired) electrons. The molecule has 0 heterocycles. The Balaban J connectivity index is 0. The lowest BCUT2D eigenvalue weighted by molar-refractivity contribution is -0.146. The van der Waals surface area contributed by atoms with Crippen molar-refractivity contribution in [1.29, 1.82) is 0 Å². The molecule has 1 amide bonds. The number of ether oxygens (including phenoxy) is 2. The zero-order chi connectivity index (χ0) is 28.2. The predicted molar refractivity (Wildman–Crippen MR) is 151 cm³/mol. The highest BCUT2D eigenvalue weighted by molar-refractivity contribution is 5.80. The van der Waals surface area contributed by atoms with Crippen molar-refractivity contribution in [3.8, 4) is 0 Å². The molecule has 4 N–H and O–H groups in total. The van der Waals surface area contributed by atoms with Gasteiger partial charge in [-0.05, 0) is 25.7 Å². The molecule has 0 rings (SSSR count). The number of carbonyl (C=O) groups is 3. The standard InChI is InChI=1S/C15H29NO4.C14H29NO2/c1-3-5-7-8-10-12-20-14(17)13(16-15(18)19)11-9-6-4-2;1-3-5-7-8-10-12-17-14(16)13(15)11-9-6-4-2/h13,16H,3-12H2,1-2H3,(H,18,19);13H,3-12,15H2,1-2H3. The lowest BCUT2D eigenvalue weighted by Crippen LogP contribution is -2.41. The third-order valence-corrected chi connectivity index (χ3v) is 6.08. The number of unbranched alkanes of at least 4 members (excludes halogenated alkanes) is 12. The van der Waals surface area contributed by atoms with E-state index in [0.29, 0.717) is 19.6 Å². The van der Waals surface area contributed by atoms with Crippen molar-refractivity contribution in [1.82, 2.24) is 5.32 Å². The van der Waals surface area contributed by atoms with Crippen LogP contribution in [0.3, 0.4) is 0 Å². The third-order valence-electron chi connectivity index (χ3n) is 6.08. The molecule has 0 aliphatic carbocycles. The highest BCUT2D eigenvalue weighted by Gasteiger charge is 2.21. The summed E-state index contributed by atoms with van der Waals surface area (Å²) in [5.41, 5.74) is 5.75. The van der Waals surface area contributed by atoms with E-state index >= 15 is 0 Å². The van der Waals surface area contributed by atoms with Crippen LogP contribution in [0.15, 0.2) is 0 Å². The molecule has 0 aliphatic rings. The molecule has 0 aromatic rings. The Morgan fingerprint density at radius 3 is 1.49 bits per heavy atom. The largest absolute Gasteiger partial charge is 0.465 e. The van der Waals surface area contributed by atoms with Crippen molar-refractivity contribution in [3.05, 3.63) is 0 Å². The first kappa shape index (κ1) is 37.3. The van der Waals surface area contributed by atoms with Gasteiger partial charge in [-0.15, -0.1) is 0 Å². The van der Waals surface area contributed by atoms with Gasteiger partial charge in [0.15, 0.2) is 0 Å². The van der Waals surface area contributed by atoms with Gasteiger partial charge in [0.2, 0.25) is 0 Å². The topological polar surface area (TPSA) is 128 Å². The number of nitrogens with two attached hydrogens (primary N) is 1. The maximum absolute atomic E-state index is 11.8. The van der Waals surface area contributed by atoms with Gasteiger partial charge < -0.3 is 25.6 Å². The molecule has 0 aromatic carbocycles. The highest BCUT2D eigenvalue weighted by atomic mass is 16.5. The summed E-state index contributed by atoms with van der Waals surface area (Å²) in [5, 5.41) is 11.0. The summed E-state index contributed by atoms with van der Waals surface area (Å²) in [6.45, 7) is 9.46. The van der Waals surface area contributed by atoms with Crippen LogP contribution in [0.5, 0.6) is 0 Å². The molecule has 37 heavy (non-hydrogen) atoms. The number of esters is 2. The fraction of sp³-hybridized carbons (Fsp3) is 0.897. The second-order valence-corrected chi connectivity index (χ2v) is 9.76. The SMILES string of the molecule is CCCCCCCOC(=O)C(CCCCC)NC(=O)O.CCCCCCCOC(=O)C(N)CCCCC. The van der Waals surface area contributed by atoms with Gasteiger partial charge in [-0.1, -0.05) is 118 Å². The highest BCUT2D eigenvalue weighted by Crippen LogP contribution is 2.08. The fourth-order valence-corrected chi connectivity index (χ4v) is 3.69. The summed E-state index contributed by atoms with van der Waals surface area (Å²) in [7, 11) is 0. The van der Waals surface area contributed by atoms with E-state index in [9.17, 15) is 14.4 Å². The summed E-state index contributed by atoms with van der Waals surface area (Å²) < 4.78 is 10.3. The molecule has 0 bridgehead atoms. The number of hydrogen-bond acceptors (Lipinski definition) is 6. The van der Waals surface area contributed by atoms with Crippen LogP contribution in [0.2, 0.25) is 0 Å². The van der Waals surface area contributed by atoms with E-state index in [1.165, 1.54) is 32.1 Å². The summed E-state index contributed by atoms with van der Waals surface area (Å²) >= 11 is 0. The lowest BCUT2D eigenvalue weighted by atomic mass is 10.1. The van der Waals surface area contributed by atoms with Crippen LogP contribution in [0.4, 0.5) is 4.79 Å². The molecule has 0 aromatic heterocycles. The maximum Gasteiger partial charge on any atom is 0.405 e. The molecule has 0 fully saturated rings. The number of hydrogen-bond donors (Lipinski definition) is 3. The van der Waals surface area contributed by atoms with Crippen molar-refractivity contribution in [3.63, 3.8) is 0 Å². The number of nitrogens with one attached hydrogen (secondary N) is 1. The Bertz CT molecular complexity index is 544. The average molecular weight is 531 g/mol. The minimum Gasteiger partial charge on any atom is -0.465 e. The number of rotatable bonds is 23. The summed E-state index contributed by atoms with van der Waals surface area (Å²) in [5.74, 6) is -0.671. The van der Waals surface area contributed by atoms with Crippen molar-refractivity contribution >= 4 is 18.0 Å². The van der Waals surface area contributed by atoms with E-state index < -0.39 is 24.1 Å². The van der Waals surface area contributed by atoms with Gasteiger partial charge in [0.25, 0.3) is 0 Å². The van der Waals surface area contributed by atoms with E-state index in [1.807, 2.05) is 0 Å². The molecule has 0 spiro atoms. The molecule has 0 aliphatic heterocycles. The maximum atomic E-state index is 11.8. The molecule has 220 valence electrons. The second kappa shape index (κ2) is 28.7. The Morgan fingerprint density at radius 2 is 1.03 bits per heavy atom. The molecule has 8 nitrogen and oxygen atoms in total. The number of carbonyl (C=O) groups excluding carboxylic acids is 2. The van der Waals surface area contributed by atoms with E-state index in [2.05, 4.69) is 33.0 Å². The van der Waals surface area contributed by atoms with Gasteiger partial charge >= 0.3 is 18.0 Å². The Kier molecular flexibility index (Phi) is 29.0. The molecular formula is C29H58N2O6. The van der Waals surface area contributed by atoms with Gasteiger partial charge in [0.1, 0.15) is 12.1 Å². The normalized spacial score (nSPS) is 12.1. The van der Waals surface area contributed by atoms with E-state index in [-0.39, 0.29) is 5.97 Å². The Hall–Kier alpha value is -1.83. The van der Waals surface area contributed by atoms with E-state index in [0.717, 1.165) is 77.0 Å². The van der Waals surface area contributed by atoms with Gasteiger partial charge in [0, 0.05) is 0 Å². The van der Waals surface area contributed by atoms with Crippen molar-refractivity contribution < 1.29 is 29.0 Å². The summed E-state index contributed by atoms with van der Waals surface area (Å²) in [6, 6.07) is -1.15. The predicted octanol–water partition coefficient (Wildman–Crippen LogP) is 7.12. The minimum absolute atomic E-state index is 0.225. The molecule has 2 unspecified atom stereocenters.